The number of nitrogens with one attached hydrogen (secondary N) is 1. The molecule has 1 aliphatic heterocycles. The van der Waals surface area contributed by atoms with E-state index in [0.717, 1.165) is 32.0 Å². The lowest BCUT2D eigenvalue weighted by atomic mass is 9.91. The van der Waals surface area contributed by atoms with Crippen LogP contribution in [0.2, 0.25) is 0 Å². The van der Waals surface area contributed by atoms with Crippen LogP contribution in [-0.2, 0) is 0 Å². The summed E-state index contributed by atoms with van der Waals surface area (Å²) in [6.07, 6.45) is 2.00. The maximum absolute atomic E-state index is 13.5. The third-order valence-electron chi connectivity index (χ3n) is 2.78. The second-order valence-electron chi connectivity index (χ2n) is 3.83. The Morgan fingerprint density at radius 1 is 1.27 bits per heavy atom. The highest BCUT2D eigenvalue weighted by atomic mass is 79.9. The lowest BCUT2D eigenvalue weighted by molar-refractivity contribution is 0.444. The molecular weight excluding hydrogens is 264 g/mol. The normalized spacial score (nSPS) is 21.7. The zero-order valence-corrected chi connectivity index (χ0v) is 9.78. The van der Waals surface area contributed by atoms with Gasteiger partial charge >= 0.3 is 0 Å². The molecule has 1 nitrogen and oxygen atoms in total. The molecule has 0 amide bonds. The molecule has 0 bridgehead atoms. The summed E-state index contributed by atoms with van der Waals surface area (Å²) in [5.74, 6) is -0.819. The minimum absolute atomic E-state index is 0.163. The maximum Gasteiger partial charge on any atom is 0.140 e. The third-order valence-corrected chi connectivity index (χ3v) is 3.38. The first-order valence-corrected chi connectivity index (χ1v) is 5.83. The average Bonchev–Trinajstić information content (AvgIpc) is 2.25. The van der Waals surface area contributed by atoms with Gasteiger partial charge in [0.05, 0.1) is 4.47 Å². The molecule has 1 fully saturated rings. The molecule has 1 aromatic rings. The van der Waals surface area contributed by atoms with Crippen molar-refractivity contribution in [3.05, 3.63) is 33.8 Å². The van der Waals surface area contributed by atoms with Crippen molar-refractivity contribution in [2.75, 3.05) is 13.1 Å². The Kier molecular flexibility index (Phi) is 3.36. The van der Waals surface area contributed by atoms with Gasteiger partial charge < -0.3 is 5.32 Å². The van der Waals surface area contributed by atoms with E-state index >= 15 is 0 Å². The molecule has 15 heavy (non-hydrogen) atoms. The Balaban J connectivity index is 2.30. The number of piperidine rings is 1. The van der Waals surface area contributed by atoms with Crippen molar-refractivity contribution < 1.29 is 8.78 Å². The van der Waals surface area contributed by atoms with E-state index in [0.29, 0.717) is 10.0 Å². The summed E-state index contributed by atoms with van der Waals surface area (Å²) in [5.41, 5.74) is 0.607. The fourth-order valence-corrected chi connectivity index (χ4v) is 2.33. The summed E-state index contributed by atoms with van der Waals surface area (Å²) in [6.45, 7) is 1.76. The lowest BCUT2D eigenvalue weighted by Crippen LogP contribution is -2.28. The molecular formula is C11H12BrF2N. The van der Waals surface area contributed by atoms with Gasteiger partial charge in [-0.2, -0.15) is 0 Å². The van der Waals surface area contributed by atoms with Crippen molar-refractivity contribution in [3.8, 4) is 0 Å². The number of hydrogen-bond donors (Lipinski definition) is 1. The molecule has 1 aromatic carbocycles. The average molecular weight is 276 g/mol. The van der Waals surface area contributed by atoms with E-state index in [-0.39, 0.29) is 5.92 Å². The first kappa shape index (κ1) is 11.0. The van der Waals surface area contributed by atoms with Gasteiger partial charge in [0.15, 0.2) is 0 Å². The molecule has 1 atom stereocenters. The van der Waals surface area contributed by atoms with Crippen molar-refractivity contribution in [2.45, 2.75) is 18.8 Å². The van der Waals surface area contributed by atoms with Crippen molar-refractivity contribution >= 4 is 15.9 Å². The fourth-order valence-electron chi connectivity index (χ4n) is 1.97. The van der Waals surface area contributed by atoms with Crippen LogP contribution in [-0.4, -0.2) is 13.1 Å². The van der Waals surface area contributed by atoms with E-state index in [1.807, 2.05) is 0 Å². The summed E-state index contributed by atoms with van der Waals surface area (Å²) < 4.78 is 26.9. The van der Waals surface area contributed by atoms with Gasteiger partial charge in [-0.3, -0.25) is 0 Å². The van der Waals surface area contributed by atoms with Gasteiger partial charge in [0.2, 0.25) is 0 Å². The van der Waals surface area contributed by atoms with Gasteiger partial charge in [0.25, 0.3) is 0 Å². The van der Waals surface area contributed by atoms with Gasteiger partial charge in [-0.25, -0.2) is 8.78 Å². The van der Waals surface area contributed by atoms with Crippen molar-refractivity contribution in [1.29, 1.82) is 0 Å². The minimum Gasteiger partial charge on any atom is -0.316 e. The number of benzene rings is 1. The Bertz CT molecular complexity index is 362. The highest BCUT2D eigenvalue weighted by molar-refractivity contribution is 9.10. The predicted octanol–water partition coefficient (Wildman–Crippen LogP) is 3.19. The zero-order valence-electron chi connectivity index (χ0n) is 8.19. The van der Waals surface area contributed by atoms with Crippen LogP contribution in [0.15, 0.2) is 16.6 Å². The van der Waals surface area contributed by atoms with Crippen molar-refractivity contribution in [3.63, 3.8) is 0 Å². The summed E-state index contributed by atoms with van der Waals surface area (Å²) in [4.78, 5) is 0. The molecule has 1 N–H and O–H groups in total. The van der Waals surface area contributed by atoms with Crippen LogP contribution in [0, 0.1) is 11.6 Å². The molecule has 1 heterocycles. The SMILES string of the molecule is Fc1cc(F)c(C2CCCNC2)cc1Br. The van der Waals surface area contributed by atoms with Gasteiger partial charge in [-0.05, 0) is 52.9 Å². The second-order valence-corrected chi connectivity index (χ2v) is 4.69. The van der Waals surface area contributed by atoms with Crippen LogP contribution in [0.1, 0.15) is 24.3 Å². The number of rotatable bonds is 1. The molecule has 0 aliphatic carbocycles. The van der Waals surface area contributed by atoms with E-state index in [2.05, 4.69) is 21.2 Å². The van der Waals surface area contributed by atoms with Crippen LogP contribution >= 0.6 is 15.9 Å². The largest absolute Gasteiger partial charge is 0.316 e. The molecule has 0 aromatic heterocycles. The Labute approximate surface area is 96.0 Å². The van der Waals surface area contributed by atoms with Gasteiger partial charge in [0.1, 0.15) is 11.6 Å². The quantitative estimate of drug-likeness (QED) is 0.777. The van der Waals surface area contributed by atoms with Crippen LogP contribution in [0.4, 0.5) is 8.78 Å². The van der Waals surface area contributed by atoms with Gasteiger partial charge in [-0.15, -0.1) is 0 Å². The Morgan fingerprint density at radius 3 is 2.73 bits per heavy atom. The molecule has 1 unspecified atom stereocenters. The first-order chi connectivity index (χ1) is 7.18. The van der Waals surface area contributed by atoms with E-state index in [1.54, 1.807) is 6.07 Å². The molecule has 2 rings (SSSR count). The smallest absolute Gasteiger partial charge is 0.140 e. The van der Waals surface area contributed by atoms with Crippen molar-refractivity contribution in [1.82, 2.24) is 5.32 Å². The molecule has 1 aliphatic rings. The third kappa shape index (κ3) is 2.37. The molecule has 1 saturated heterocycles. The standard InChI is InChI=1S/C11H12BrF2N/c12-9-4-8(10(13)5-11(9)14)7-2-1-3-15-6-7/h4-5,7,15H,1-3,6H2. The summed E-state index contributed by atoms with van der Waals surface area (Å²) >= 11 is 3.08. The van der Waals surface area contributed by atoms with Crippen LogP contribution < -0.4 is 5.32 Å². The van der Waals surface area contributed by atoms with Crippen LogP contribution in [0.5, 0.6) is 0 Å². The number of halogens is 3. The molecule has 0 spiro atoms. The minimum atomic E-state index is -0.542. The molecule has 0 radical (unpaired) electrons. The Morgan fingerprint density at radius 2 is 2.07 bits per heavy atom. The van der Waals surface area contributed by atoms with E-state index in [4.69, 9.17) is 0 Å². The fraction of sp³-hybridized carbons (Fsp3) is 0.455. The predicted molar refractivity (Wildman–Crippen MR) is 58.9 cm³/mol. The van der Waals surface area contributed by atoms with E-state index < -0.39 is 11.6 Å². The first-order valence-electron chi connectivity index (χ1n) is 5.03. The summed E-state index contributed by atoms with van der Waals surface area (Å²) in [7, 11) is 0. The molecule has 4 heteroatoms. The monoisotopic (exact) mass is 275 g/mol. The van der Waals surface area contributed by atoms with Crippen molar-refractivity contribution in [2.24, 2.45) is 0 Å². The van der Waals surface area contributed by atoms with Gasteiger partial charge in [0, 0.05) is 12.6 Å². The zero-order chi connectivity index (χ0) is 10.8. The van der Waals surface area contributed by atoms with E-state index in [9.17, 15) is 8.78 Å². The highest BCUT2D eigenvalue weighted by Gasteiger charge is 2.20. The molecule has 0 saturated carbocycles. The maximum atomic E-state index is 13.5. The van der Waals surface area contributed by atoms with Crippen LogP contribution in [0.3, 0.4) is 0 Å². The number of hydrogen-bond acceptors (Lipinski definition) is 1. The highest BCUT2D eigenvalue weighted by Crippen LogP contribution is 2.29. The van der Waals surface area contributed by atoms with Crippen LogP contribution in [0.25, 0.3) is 0 Å². The second kappa shape index (κ2) is 4.58. The summed E-state index contributed by atoms with van der Waals surface area (Å²) in [6, 6.07) is 2.51. The topological polar surface area (TPSA) is 12.0 Å². The lowest BCUT2D eigenvalue weighted by Gasteiger charge is -2.23. The molecule has 82 valence electrons. The van der Waals surface area contributed by atoms with E-state index in [1.165, 1.54) is 0 Å². The van der Waals surface area contributed by atoms with Gasteiger partial charge in [-0.1, -0.05) is 0 Å². The Hall–Kier alpha value is -0.480. The summed E-state index contributed by atoms with van der Waals surface area (Å²) in [5, 5.41) is 3.22.